The van der Waals surface area contributed by atoms with Crippen LogP contribution in [0.2, 0.25) is 0 Å². The van der Waals surface area contributed by atoms with Crippen LogP contribution in [0.3, 0.4) is 0 Å². The predicted molar refractivity (Wildman–Crippen MR) is 68.1 cm³/mol. The van der Waals surface area contributed by atoms with Gasteiger partial charge in [-0.25, -0.2) is 0 Å². The van der Waals surface area contributed by atoms with Crippen LogP contribution in [-0.4, -0.2) is 42.2 Å². The van der Waals surface area contributed by atoms with Crippen molar-refractivity contribution in [3.63, 3.8) is 0 Å². The first kappa shape index (κ1) is 13.5. The summed E-state index contributed by atoms with van der Waals surface area (Å²) in [5, 5.41) is 11.0. The number of piperidine rings is 1. The van der Waals surface area contributed by atoms with Gasteiger partial charge >= 0.3 is 0 Å². The minimum atomic E-state index is -0.998. The quantitative estimate of drug-likeness (QED) is 0.466. The SMILES string of the molecule is COC1CC([N+](=O)[O-])N(C=O)CC1c1ccccc1. The van der Waals surface area contributed by atoms with Crippen molar-refractivity contribution < 1.29 is 14.5 Å². The number of likely N-dealkylation sites (tertiary alicyclic amines) is 1. The summed E-state index contributed by atoms with van der Waals surface area (Å²) in [6.45, 7) is 0.303. The number of amides is 1. The lowest BCUT2D eigenvalue weighted by Crippen LogP contribution is -2.51. The molecule has 1 fully saturated rings. The number of rotatable bonds is 4. The molecule has 6 nitrogen and oxygen atoms in total. The normalized spacial score (nSPS) is 27.0. The second-order valence-corrected chi connectivity index (χ2v) is 4.60. The molecule has 1 saturated heterocycles. The van der Waals surface area contributed by atoms with E-state index in [2.05, 4.69) is 0 Å². The van der Waals surface area contributed by atoms with Crippen molar-refractivity contribution in [3.05, 3.63) is 46.0 Å². The zero-order chi connectivity index (χ0) is 13.8. The molecule has 0 bridgehead atoms. The number of hydrogen-bond donors (Lipinski definition) is 0. The van der Waals surface area contributed by atoms with Crippen LogP contribution in [0.25, 0.3) is 0 Å². The molecule has 1 aliphatic rings. The van der Waals surface area contributed by atoms with Gasteiger partial charge in [-0.2, -0.15) is 0 Å². The number of carbonyl (C=O) groups excluding carboxylic acids is 1. The Hall–Kier alpha value is -1.95. The van der Waals surface area contributed by atoms with E-state index >= 15 is 0 Å². The molecule has 1 aromatic rings. The number of benzene rings is 1. The van der Waals surface area contributed by atoms with E-state index in [0.717, 1.165) is 5.56 Å². The topological polar surface area (TPSA) is 72.7 Å². The minimum Gasteiger partial charge on any atom is -0.380 e. The molecule has 0 N–H and O–H groups in total. The van der Waals surface area contributed by atoms with Gasteiger partial charge in [0.1, 0.15) is 0 Å². The average Bonchev–Trinajstić information content (AvgIpc) is 2.46. The van der Waals surface area contributed by atoms with Crippen LogP contribution in [0.1, 0.15) is 17.9 Å². The van der Waals surface area contributed by atoms with E-state index in [1.165, 1.54) is 4.90 Å². The molecular formula is C13H16N2O4. The summed E-state index contributed by atoms with van der Waals surface area (Å²) in [5.41, 5.74) is 1.03. The van der Waals surface area contributed by atoms with Crippen LogP contribution >= 0.6 is 0 Å². The average molecular weight is 264 g/mol. The van der Waals surface area contributed by atoms with E-state index in [0.29, 0.717) is 13.0 Å². The fourth-order valence-corrected chi connectivity index (χ4v) is 2.58. The molecule has 1 heterocycles. The van der Waals surface area contributed by atoms with Gasteiger partial charge in [-0.3, -0.25) is 19.8 Å². The Kier molecular flexibility index (Phi) is 4.11. The third-order valence-corrected chi connectivity index (χ3v) is 3.59. The maximum atomic E-state index is 11.0. The number of methoxy groups -OCH3 is 1. The number of nitro groups is 1. The summed E-state index contributed by atoms with van der Waals surface area (Å²) in [4.78, 5) is 22.8. The van der Waals surface area contributed by atoms with Gasteiger partial charge < -0.3 is 4.74 Å². The summed E-state index contributed by atoms with van der Waals surface area (Å²) < 4.78 is 5.38. The van der Waals surface area contributed by atoms with Crippen molar-refractivity contribution in [2.45, 2.75) is 24.6 Å². The number of hydrogen-bond acceptors (Lipinski definition) is 4. The Bertz CT molecular complexity index is 451. The fourth-order valence-electron chi connectivity index (χ4n) is 2.58. The zero-order valence-corrected chi connectivity index (χ0v) is 10.6. The fraction of sp³-hybridized carbons (Fsp3) is 0.462. The first-order valence-corrected chi connectivity index (χ1v) is 6.09. The van der Waals surface area contributed by atoms with Crippen LogP contribution < -0.4 is 0 Å². The first-order valence-electron chi connectivity index (χ1n) is 6.09. The van der Waals surface area contributed by atoms with Crippen LogP contribution in [-0.2, 0) is 9.53 Å². The molecule has 2 rings (SSSR count). The van der Waals surface area contributed by atoms with Crippen molar-refractivity contribution in [2.24, 2.45) is 0 Å². The van der Waals surface area contributed by atoms with E-state index in [1.807, 2.05) is 30.3 Å². The predicted octanol–water partition coefficient (Wildman–Crippen LogP) is 1.25. The highest BCUT2D eigenvalue weighted by atomic mass is 16.6. The summed E-state index contributed by atoms with van der Waals surface area (Å²) in [6.07, 6.45) is -0.492. The van der Waals surface area contributed by atoms with Gasteiger partial charge in [0.05, 0.1) is 12.5 Å². The van der Waals surface area contributed by atoms with Gasteiger partial charge in [-0.05, 0) is 5.56 Å². The maximum Gasteiger partial charge on any atom is 0.291 e. The summed E-state index contributed by atoms with van der Waals surface area (Å²) in [5.74, 6) is -0.0346. The maximum absolute atomic E-state index is 11.0. The molecule has 0 saturated carbocycles. The standard InChI is InChI=1S/C13H16N2O4/c1-19-12-7-13(15(17)18)14(9-16)8-11(12)10-5-3-2-4-6-10/h2-6,9,11-13H,7-8H2,1H3. The highest BCUT2D eigenvalue weighted by Crippen LogP contribution is 2.31. The van der Waals surface area contributed by atoms with Gasteiger partial charge in [-0.1, -0.05) is 30.3 Å². The smallest absolute Gasteiger partial charge is 0.291 e. The minimum absolute atomic E-state index is 0.0346. The van der Waals surface area contributed by atoms with Gasteiger partial charge in [-0.15, -0.1) is 0 Å². The Balaban J connectivity index is 2.25. The molecule has 0 spiro atoms. The number of nitrogens with zero attached hydrogens (tertiary/aromatic N) is 2. The Morgan fingerprint density at radius 3 is 2.63 bits per heavy atom. The van der Waals surface area contributed by atoms with Crippen LogP contribution in [0.5, 0.6) is 0 Å². The summed E-state index contributed by atoms with van der Waals surface area (Å²) >= 11 is 0. The first-order chi connectivity index (χ1) is 9.17. The van der Waals surface area contributed by atoms with E-state index in [1.54, 1.807) is 7.11 Å². The Morgan fingerprint density at radius 1 is 1.42 bits per heavy atom. The van der Waals surface area contributed by atoms with Gasteiger partial charge in [0, 0.05) is 24.5 Å². The van der Waals surface area contributed by atoms with Crippen LogP contribution in [0, 0.1) is 10.1 Å². The summed E-state index contributed by atoms with van der Waals surface area (Å²) in [6, 6.07) is 9.63. The molecule has 1 aromatic carbocycles. The molecule has 0 aliphatic carbocycles. The lowest BCUT2D eigenvalue weighted by molar-refractivity contribution is -0.551. The molecule has 1 amide bonds. The van der Waals surface area contributed by atoms with Crippen molar-refractivity contribution in [2.75, 3.05) is 13.7 Å². The lowest BCUT2D eigenvalue weighted by atomic mass is 9.87. The molecule has 3 unspecified atom stereocenters. The molecule has 0 radical (unpaired) electrons. The molecule has 0 aromatic heterocycles. The van der Waals surface area contributed by atoms with E-state index in [-0.39, 0.29) is 18.4 Å². The van der Waals surface area contributed by atoms with Crippen LogP contribution in [0.4, 0.5) is 0 Å². The van der Waals surface area contributed by atoms with Crippen molar-refractivity contribution in [1.29, 1.82) is 0 Å². The van der Waals surface area contributed by atoms with Gasteiger partial charge in [0.25, 0.3) is 6.17 Å². The molecule has 102 valence electrons. The molecule has 19 heavy (non-hydrogen) atoms. The zero-order valence-electron chi connectivity index (χ0n) is 10.6. The molecule has 6 heteroatoms. The second kappa shape index (κ2) is 5.79. The second-order valence-electron chi connectivity index (χ2n) is 4.60. The van der Waals surface area contributed by atoms with Gasteiger partial charge in [0.15, 0.2) is 0 Å². The molecular weight excluding hydrogens is 248 g/mol. The van der Waals surface area contributed by atoms with Crippen molar-refractivity contribution in [3.8, 4) is 0 Å². The van der Waals surface area contributed by atoms with Crippen LogP contribution in [0.15, 0.2) is 30.3 Å². The van der Waals surface area contributed by atoms with E-state index in [9.17, 15) is 14.9 Å². The largest absolute Gasteiger partial charge is 0.380 e. The Labute approximate surface area is 111 Å². The number of carbonyl (C=O) groups is 1. The molecule has 1 aliphatic heterocycles. The summed E-state index contributed by atoms with van der Waals surface area (Å²) in [7, 11) is 1.55. The van der Waals surface area contributed by atoms with E-state index in [4.69, 9.17) is 4.74 Å². The third kappa shape index (κ3) is 2.73. The third-order valence-electron chi connectivity index (χ3n) is 3.59. The monoisotopic (exact) mass is 264 g/mol. The highest BCUT2D eigenvalue weighted by molar-refractivity contribution is 5.48. The molecule has 3 atom stereocenters. The van der Waals surface area contributed by atoms with Crippen molar-refractivity contribution in [1.82, 2.24) is 4.90 Å². The van der Waals surface area contributed by atoms with Gasteiger partial charge in [0.2, 0.25) is 6.41 Å². The lowest BCUT2D eigenvalue weighted by Gasteiger charge is -2.37. The van der Waals surface area contributed by atoms with Crippen molar-refractivity contribution >= 4 is 6.41 Å². The Morgan fingerprint density at radius 2 is 2.11 bits per heavy atom. The number of ether oxygens (including phenoxy) is 1. The van der Waals surface area contributed by atoms with E-state index < -0.39 is 11.1 Å². The highest BCUT2D eigenvalue weighted by Gasteiger charge is 2.41.